The summed E-state index contributed by atoms with van der Waals surface area (Å²) in [4.78, 5) is 40.9. The van der Waals surface area contributed by atoms with Gasteiger partial charge in [-0.15, -0.1) is 5.10 Å². The maximum absolute atomic E-state index is 14.2. The highest BCUT2D eigenvalue weighted by atomic mass is 35.5. The highest BCUT2D eigenvalue weighted by molar-refractivity contribution is 7.84. The number of piperazine rings is 1. The summed E-state index contributed by atoms with van der Waals surface area (Å²) in [6, 6.07) is 10.8. The van der Waals surface area contributed by atoms with Crippen LogP contribution in [0.4, 0.5) is 30.4 Å². The van der Waals surface area contributed by atoms with E-state index in [1.807, 2.05) is 16.7 Å². The minimum absolute atomic E-state index is 0.0236. The van der Waals surface area contributed by atoms with E-state index >= 15 is 0 Å². The Balaban J connectivity index is 1.40. The van der Waals surface area contributed by atoms with Crippen LogP contribution < -0.4 is 20.7 Å². The predicted octanol–water partition coefficient (Wildman–Crippen LogP) is 5.25. The van der Waals surface area contributed by atoms with Crippen LogP contribution in [0.1, 0.15) is 18.2 Å². The van der Waals surface area contributed by atoms with Crippen molar-refractivity contribution in [1.82, 2.24) is 24.1 Å². The summed E-state index contributed by atoms with van der Waals surface area (Å²) in [6.45, 7) is 2.87. The van der Waals surface area contributed by atoms with E-state index in [9.17, 15) is 32.1 Å². The molecular formula is C32H29Cl2F3N8O4S. The number of fused-ring (bicyclic) bond motifs is 1. The molecule has 1 aliphatic heterocycles. The van der Waals surface area contributed by atoms with Gasteiger partial charge in [0.05, 0.1) is 27.0 Å². The standard InChI is InChI=1S/C32H29Cl2F3N8O4S/c1-3-24-26(42-12-14-43(15-13-42)29-27(47)21(33)10-11-38-29)30(48)45-31(40-28(41-45)18-4-7-20(8-5-18)50(2)49)44(24)17-25(46)39-23-9-6-19(16-22(23)34)32(35,36)37/h4-11,16,47H,3,12-15,17H2,1-2H3,(H,39,46)/t50-/m0/s1. The zero-order valence-corrected chi connectivity index (χ0v) is 28.9. The second kappa shape index (κ2) is 13.9. The van der Waals surface area contributed by atoms with Gasteiger partial charge in [0.15, 0.2) is 17.4 Å². The van der Waals surface area contributed by atoms with Crippen molar-refractivity contribution in [2.75, 3.05) is 47.6 Å². The number of anilines is 3. The Bertz CT molecular complexity index is 2190. The highest BCUT2D eigenvalue weighted by Crippen LogP contribution is 2.35. The van der Waals surface area contributed by atoms with E-state index in [0.29, 0.717) is 54.6 Å². The number of hydrogen-bond donors (Lipinski definition) is 2. The fourth-order valence-corrected chi connectivity index (χ4v) is 6.65. The average molecular weight is 750 g/mol. The topological polar surface area (TPSA) is 138 Å². The maximum atomic E-state index is 14.2. The van der Waals surface area contributed by atoms with E-state index in [1.165, 1.54) is 12.3 Å². The van der Waals surface area contributed by atoms with Crippen molar-refractivity contribution in [3.63, 3.8) is 0 Å². The monoisotopic (exact) mass is 748 g/mol. The van der Waals surface area contributed by atoms with Crippen LogP contribution in [-0.2, 0) is 34.7 Å². The van der Waals surface area contributed by atoms with Crippen LogP contribution in [0.3, 0.4) is 0 Å². The molecule has 0 radical (unpaired) electrons. The molecule has 50 heavy (non-hydrogen) atoms. The molecule has 0 saturated carbocycles. The van der Waals surface area contributed by atoms with Gasteiger partial charge in [-0.05, 0) is 55.0 Å². The first-order chi connectivity index (χ1) is 23.8. The number of carbonyl (C=O) groups excluding carboxylic acids is 1. The van der Waals surface area contributed by atoms with E-state index in [-0.39, 0.29) is 45.3 Å². The lowest BCUT2D eigenvalue weighted by Crippen LogP contribution is -2.49. The number of amides is 1. The van der Waals surface area contributed by atoms with Crippen molar-refractivity contribution >= 4 is 62.9 Å². The summed E-state index contributed by atoms with van der Waals surface area (Å²) in [5, 5.41) is 17.4. The quantitative estimate of drug-likeness (QED) is 0.218. The minimum atomic E-state index is -4.62. The van der Waals surface area contributed by atoms with Gasteiger partial charge in [0.25, 0.3) is 5.56 Å². The molecule has 1 fully saturated rings. The molecule has 0 unspecified atom stereocenters. The second-order valence-corrected chi connectivity index (χ2v) is 13.5. The third-order valence-electron chi connectivity index (χ3n) is 8.23. The van der Waals surface area contributed by atoms with E-state index in [0.717, 1.165) is 22.7 Å². The van der Waals surface area contributed by atoms with Crippen molar-refractivity contribution in [1.29, 1.82) is 0 Å². The molecule has 0 bridgehead atoms. The summed E-state index contributed by atoms with van der Waals surface area (Å²) >= 11 is 12.2. The van der Waals surface area contributed by atoms with Crippen molar-refractivity contribution in [3.8, 4) is 17.1 Å². The van der Waals surface area contributed by atoms with Crippen LogP contribution in [0.25, 0.3) is 17.2 Å². The number of aromatic nitrogens is 5. The Hall–Kier alpha value is -4.67. The molecule has 2 aromatic carbocycles. The fraction of sp³-hybridized carbons (Fsp3) is 0.281. The molecule has 3 aromatic heterocycles. The third kappa shape index (κ3) is 6.87. The number of alkyl halides is 3. The summed E-state index contributed by atoms with van der Waals surface area (Å²) < 4.78 is 54.2. The Morgan fingerprint density at radius 1 is 1.02 bits per heavy atom. The smallest absolute Gasteiger partial charge is 0.416 e. The van der Waals surface area contributed by atoms with Gasteiger partial charge in [0.2, 0.25) is 11.7 Å². The molecule has 0 aliphatic carbocycles. The number of benzene rings is 2. The van der Waals surface area contributed by atoms with Crippen molar-refractivity contribution in [2.45, 2.75) is 31.0 Å². The van der Waals surface area contributed by atoms with Crippen LogP contribution in [0.2, 0.25) is 10.0 Å². The lowest BCUT2D eigenvalue weighted by Gasteiger charge is -2.37. The van der Waals surface area contributed by atoms with Gasteiger partial charge in [-0.1, -0.05) is 30.1 Å². The molecule has 5 aromatic rings. The molecule has 1 amide bonds. The Kier molecular flexibility index (Phi) is 9.79. The lowest BCUT2D eigenvalue weighted by molar-refractivity contribution is -0.137. The first kappa shape index (κ1) is 35.2. The maximum Gasteiger partial charge on any atom is 0.416 e. The van der Waals surface area contributed by atoms with Gasteiger partial charge < -0.3 is 24.8 Å². The van der Waals surface area contributed by atoms with Crippen LogP contribution >= 0.6 is 23.2 Å². The molecule has 18 heteroatoms. The van der Waals surface area contributed by atoms with Crippen molar-refractivity contribution in [2.24, 2.45) is 0 Å². The van der Waals surface area contributed by atoms with Gasteiger partial charge in [-0.3, -0.25) is 13.8 Å². The van der Waals surface area contributed by atoms with Crippen molar-refractivity contribution in [3.05, 3.63) is 86.4 Å². The zero-order valence-electron chi connectivity index (χ0n) is 26.5. The first-order valence-electron chi connectivity index (χ1n) is 15.2. The highest BCUT2D eigenvalue weighted by Gasteiger charge is 2.32. The second-order valence-electron chi connectivity index (χ2n) is 11.3. The molecule has 1 atom stereocenters. The molecule has 1 aliphatic rings. The fourth-order valence-electron chi connectivity index (χ4n) is 5.77. The number of halogens is 5. The van der Waals surface area contributed by atoms with Gasteiger partial charge in [0.1, 0.15) is 12.2 Å². The van der Waals surface area contributed by atoms with Gasteiger partial charge in [-0.25, -0.2) is 4.98 Å². The molecule has 6 rings (SSSR count). The molecule has 12 nitrogen and oxygen atoms in total. The Morgan fingerprint density at radius 2 is 1.70 bits per heavy atom. The van der Waals surface area contributed by atoms with Gasteiger partial charge in [-0.2, -0.15) is 22.7 Å². The molecular weight excluding hydrogens is 720 g/mol. The van der Waals surface area contributed by atoms with Gasteiger partial charge >= 0.3 is 6.18 Å². The van der Waals surface area contributed by atoms with E-state index < -0.39 is 34.0 Å². The number of nitrogens with one attached hydrogen (secondary N) is 1. The van der Waals surface area contributed by atoms with Crippen LogP contribution in [0, 0.1) is 0 Å². The molecule has 262 valence electrons. The Labute approximate surface area is 295 Å². The van der Waals surface area contributed by atoms with Crippen LogP contribution in [0.15, 0.2) is 64.4 Å². The number of nitrogens with zero attached hydrogens (tertiary/aromatic N) is 7. The molecule has 1 saturated heterocycles. The number of hydrogen-bond acceptors (Lipinski definition) is 9. The summed E-state index contributed by atoms with van der Waals surface area (Å²) in [5.41, 5.74) is -0.153. The van der Waals surface area contributed by atoms with E-state index in [4.69, 9.17) is 23.2 Å². The van der Waals surface area contributed by atoms with Gasteiger partial charge in [0, 0.05) is 59.9 Å². The summed E-state index contributed by atoms with van der Waals surface area (Å²) in [7, 11) is -1.22. The molecule has 0 spiro atoms. The minimum Gasteiger partial charge on any atom is -0.503 e. The third-order valence-corrected chi connectivity index (χ3v) is 9.78. The number of aromatic hydroxyl groups is 1. The Morgan fingerprint density at radius 3 is 2.32 bits per heavy atom. The molecule has 4 heterocycles. The number of carbonyl (C=O) groups is 1. The normalized spacial score (nSPS) is 14.3. The number of pyridine rings is 1. The lowest BCUT2D eigenvalue weighted by atomic mass is 10.2. The van der Waals surface area contributed by atoms with E-state index in [2.05, 4.69) is 20.4 Å². The number of rotatable bonds is 8. The molecule has 2 N–H and O–H groups in total. The van der Waals surface area contributed by atoms with Crippen molar-refractivity contribution < 1.29 is 27.3 Å². The predicted molar refractivity (Wildman–Crippen MR) is 185 cm³/mol. The van der Waals surface area contributed by atoms with Crippen LogP contribution in [-0.4, -0.2) is 71.8 Å². The average Bonchev–Trinajstić information content (AvgIpc) is 3.54. The summed E-state index contributed by atoms with van der Waals surface area (Å²) in [6.07, 6.45) is -1.27. The first-order valence-corrected chi connectivity index (χ1v) is 17.5. The van der Waals surface area contributed by atoms with E-state index in [1.54, 1.807) is 35.1 Å². The largest absolute Gasteiger partial charge is 0.503 e. The van der Waals surface area contributed by atoms with Crippen LogP contribution in [0.5, 0.6) is 5.75 Å². The summed E-state index contributed by atoms with van der Waals surface area (Å²) in [5.74, 6) is -0.216. The zero-order chi connectivity index (χ0) is 35.9. The SMILES string of the molecule is CCc1c(N2CCN(c3nccc(Cl)c3O)CC2)c(=O)n2nc(-c3ccc([S@](C)=O)cc3)nc2n1CC(=O)Nc1ccc(C(F)(F)F)cc1Cl.